The van der Waals surface area contributed by atoms with Gasteiger partial charge in [0.15, 0.2) is 5.03 Å². The maximum atomic E-state index is 12.5. The summed E-state index contributed by atoms with van der Waals surface area (Å²) in [6, 6.07) is 1.51. The van der Waals surface area contributed by atoms with Gasteiger partial charge >= 0.3 is 0 Å². The smallest absolute Gasteiger partial charge is 0.260 e. The molecule has 0 atom stereocenters. The molecule has 0 saturated heterocycles. The zero-order chi connectivity index (χ0) is 14.0. The van der Waals surface area contributed by atoms with E-state index in [1.54, 1.807) is 7.05 Å². The van der Waals surface area contributed by atoms with Crippen LogP contribution in [0.4, 0.5) is 0 Å². The van der Waals surface area contributed by atoms with E-state index in [0.29, 0.717) is 19.6 Å². The van der Waals surface area contributed by atoms with E-state index < -0.39 is 10.0 Å². The van der Waals surface area contributed by atoms with Gasteiger partial charge in [0.05, 0.1) is 6.20 Å². The number of sulfonamides is 1. The first-order chi connectivity index (χ1) is 8.24. The Morgan fingerprint density at radius 3 is 2.50 bits per heavy atom. The first kappa shape index (κ1) is 15.1. The van der Waals surface area contributed by atoms with Gasteiger partial charge in [0, 0.05) is 20.1 Å². The Hall–Kier alpha value is -0.920. The number of nitrogens with zero attached hydrogens (tertiary/aromatic N) is 3. The Labute approximate surface area is 109 Å². The molecule has 0 bridgehead atoms. The summed E-state index contributed by atoms with van der Waals surface area (Å²) in [5.74, 6) is 0. The summed E-state index contributed by atoms with van der Waals surface area (Å²) in [7, 11) is -1.88. The summed E-state index contributed by atoms with van der Waals surface area (Å²) in [4.78, 5) is 0. The van der Waals surface area contributed by atoms with Crippen molar-refractivity contribution in [3.8, 4) is 0 Å². The molecule has 0 aliphatic carbocycles. The lowest BCUT2D eigenvalue weighted by molar-refractivity contribution is 0.272. The zero-order valence-corrected chi connectivity index (χ0v) is 12.2. The van der Waals surface area contributed by atoms with Crippen LogP contribution in [-0.4, -0.2) is 42.1 Å². The highest BCUT2D eigenvalue weighted by atomic mass is 32.2. The normalized spacial score (nSPS) is 13.2. The fourth-order valence-corrected chi connectivity index (χ4v) is 3.39. The van der Waals surface area contributed by atoms with Crippen LogP contribution in [0.2, 0.25) is 0 Å². The highest BCUT2D eigenvalue weighted by Gasteiger charge is 2.30. The summed E-state index contributed by atoms with van der Waals surface area (Å²) in [6.45, 7) is 6.97. The minimum Gasteiger partial charge on any atom is -0.330 e. The van der Waals surface area contributed by atoms with Crippen LogP contribution >= 0.6 is 0 Å². The van der Waals surface area contributed by atoms with Crippen LogP contribution in [0.1, 0.15) is 20.8 Å². The third-order valence-corrected chi connectivity index (χ3v) is 4.89. The van der Waals surface area contributed by atoms with Crippen molar-refractivity contribution in [2.24, 2.45) is 18.2 Å². The number of hydrogen-bond acceptors (Lipinski definition) is 4. The van der Waals surface area contributed by atoms with Crippen molar-refractivity contribution in [1.82, 2.24) is 14.1 Å². The second-order valence-electron chi connectivity index (χ2n) is 5.09. The first-order valence-electron chi connectivity index (χ1n) is 5.93. The van der Waals surface area contributed by atoms with Crippen molar-refractivity contribution in [1.29, 1.82) is 0 Å². The maximum Gasteiger partial charge on any atom is 0.260 e. The Morgan fingerprint density at radius 1 is 1.50 bits per heavy atom. The molecule has 0 fully saturated rings. The van der Waals surface area contributed by atoms with Crippen molar-refractivity contribution in [3.05, 3.63) is 12.3 Å². The summed E-state index contributed by atoms with van der Waals surface area (Å²) in [6.07, 6.45) is 1.48. The molecule has 18 heavy (non-hydrogen) atoms. The van der Waals surface area contributed by atoms with E-state index in [1.165, 1.54) is 21.3 Å². The molecule has 0 aromatic carbocycles. The molecule has 0 unspecified atom stereocenters. The van der Waals surface area contributed by atoms with Crippen LogP contribution < -0.4 is 5.73 Å². The number of aromatic nitrogens is 2. The Kier molecular flexibility index (Phi) is 4.52. The fourth-order valence-electron chi connectivity index (χ4n) is 1.66. The average molecular weight is 274 g/mol. The average Bonchev–Trinajstić information content (AvgIpc) is 2.73. The lowest BCUT2D eigenvalue weighted by Crippen LogP contribution is -2.42. The third kappa shape index (κ3) is 3.09. The zero-order valence-electron chi connectivity index (χ0n) is 11.4. The Balaban J connectivity index is 3.06. The van der Waals surface area contributed by atoms with Crippen LogP contribution in [-0.2, 0) is 17.1 Å². The largest absolute Gasteiger partial charge is 0.330 e. The summed E-state index contributed by atoms with van der Waals surface area (Å²) in [5.41, 5.74) is 5.41. The van der Waals surface area contributed by atoms with Crippen molar-refractivity contribution >= 4 is 10.0 Å². The highest BCUT2D eigenvalue weighted by molar-refractivity contribution is 7.89. The van der Waals surface area contributed by atoms with Crippen molar-refractivity contribution in [2.75, 3.05) is 19.6 Å². The molecule has 7 heteroatoms. The minimum absolute atomic E-state index is 0.206. The molecule has 0 aliphatic rings. The maximum absolute atomic E-state index is 12.5. The molecule has 0 aliphatic heterocycles. The molecule has 0 saturated carbocycles. The van der Waals surface area contributed by atoms with Gasteiger partial charge < -0.3 is 5.73 Å². The van der Waals surface area contributed by atoms with Crippen LogP contribution in [0, 0.1) is 5.41 Å². The molecule has 1 aromatic rings. The van der Waals surface area contributed by atoms with Gasteiger partial charge in [-0.05, 0) is 18.0 Å². The minimum atomic E-state index is -3.50. The third-order valence-electron chi connectivity index (χ3n) is 2.89. The van der Waals surface area contributed by atoms with E-state index in [9.17, 15) is 8.42 Å². The van der Waals surface area contributed by atoms with Gasteiger partial charge in [-0.2, -0.15) is 9.40 Å². The van der Waals surface area contributed by atoms with Crippen LogP contribution in [0.15, 0.2) is 17.3 Å². The van der Waals surface area contributed by atoms with Crippen molar-refractivity contribution < 1.29 is 8.42 Å². The van der Waals surface area contributed by atoms with Crippen LogP contribution in [0.25, 0.3) is 0 Å². The monoisotopic (exact) mass is 274 g/mol. The van der Waals surface area contributed by atoms with Crippen LogP contribution in [0.5, 0.6) is 0 Å². The van der Waals surface area contributed by atoms with E-state index >= 15 is 0 Å². The molecular formula is C11H22N4O2S. The SMILES string of the molecule is CCN(CC(C)(C)CN)S(=O)(=O)c1ccnn1C. The van der Waals surface area contributed by atoms with Crippen molar-refractivity contribution in [3.63, 3.8) is 0 Å². The van der Waals surface area contributed by atoms with E-state index in [0.717, 1.165) is 0 Å². The number of nitrogens with two attached hydrogens (primary N) is 1. The predicted octanol–water partition coefficient (Wildman–Crippen LogP) is 0.416. The molecule has 0 spiro atoms. The molecule has 1 heterocycles. The van der Waals surface area contributed by atoms with Gasteiger partial charge in [-0.25, -0.2) is 8.42 Å². The molecule has 6 nitrogen and oxygen atoms in total. The van der Waals surface area contributed by atoms with Crippen LogP contribution in [0.3, 0.4) is 0 Å². The summed E-state index contributed by atoms with van der Waals surface area (Å²) >= 11 is 0. The van der Waals surface area contributed by atoms with Gasteiger partial charge in [0.25, 0.3) is 10.0 Å². The Morgan fingerprint density at radius 2 is 2.11 bits per heavy atom. The van der Waals surface area contributed by atoms with E-state index in [4.69, 9.17) is 5.73 Å². The number of hydrogen-bond donors (Lipinski definition) is 1. The van der Waals surface area contributed by atoms with E-state index in [2.05, 4.69) is 5.10 Å². The molecular weight excluding hydrogens is 252 g/mol. The second-order valence-corrected chi connectivity index (χ2v) is 6.98. The quantitative estimate of drug-likeness (QED) is 0.815. The molecule has 104 valence electrons. The second kappa shape index (κ2) is 5.38. The van der Waals surface area contributed by atoms with Crippen molar-refractivity contribution in [2.45, 2.75) is 25.8 Å². The molecule has 0 amide bonds. The number of aryl methyl sites for hydroxylation is 1. The van der Waals surface area contributed by atoms with E-state index in [1.807, 2.05) is 20.8 Å². The molecule has 2 N–H and O–H groups in total. The van der Waals surface area contributed by atoms with Gasteiger partial charge in [-0.1, -0.05) is 20.8 Å². The Bertz CT molecular complexity index is 493. The standard InChI is InChI=1S/C11H22N4O2S/c1-5-15(9-11(2,3)8-12)18(16,17)10-6-7-13-14(10)4/h6-7H,5,8-9,12H2,1-4H3. The fraction of sp³-hybridized carbons (Fsp3) is 0.727. The molecule has 1 rings (SSSR count). The predicted molar refractivity (Wildman–Crippen MR) is 70.5 cm³/mol. The topological polar surface area (TPSA) is 81.2 Å². The lowest BCUT2D eigenvalue weighted by Gasteiger charge is -2.30. The van der Waals surface area contributed by atoms with Gasteiger partial charge in [-0.15, -0.1) is 0 Å². The van der Waals surface area contributed by atoms with E-state index in [-0.39, 0.29) is 10.4 Å². The molecule has 1 aromatic heterocycles. The highest BCUT2D eigenvalue weighted by Crippen LogP contribution is 2.21. The first-order valence-corrected chi connectivity index (χ1v) is 7.37. The summed E-state index contributed by atoms with van der Waals surface area (Å²) in [5, 5.41) is 4.11. The molecule has 0 radical (unpaired) electrons. The van der Waals surface area contributed by atoms with Gasteiger partial charge in [-0.3, -0.25) is 4.68 Å². The number of rotatable bonds is 6. The van der Waals surface area contributed by atoms with Gasteiger partial charge in [0.1, 0.15) is 0 Å². The summed E-state index contributed by atoms with van der Waals surface area (Å²) < 4.78 is 27.7. The lowest BCUT2D eigenvalue weighted by atomic mass is 9.94. The van der Waals surface area contributed by atoms with Gasteiger partial charge in [0.2, 0.25) is 0 Å².